The van der Waals surface area contributed by atoms with Crippen molar-refractivity contribution in [3.8, 4) is 0 Å². The summed E-state index contributed by atoms with van der Waals surface area (Å²) in [5.41, 5.74) is 1.70. The zero-order valence-electron chi connectivity index (χ0n) is 9.03. The maximum atomic E-state index is 11.6. The van der Waals surface area contributed by atoms with Crippen LogP contribution < -0.4 is 10.0 Å². The zero-order valence-corrected chi connectivity index (χ0v) is 9.03. The highest BCUT2D eigenvalue weighted by atomic mass is 16.4. The molecule has 0 unspecified atom stereocenters. The van der Waals surface area contributed by atoms with E-state index in [0.29, 0.717) is 18.7 Å². The van der Waals surface area contributed by atoms with E-state index in [1.165, 1.54) is 12.1 Å². The van der Waals surface area contributed by atoms with E-state index in [-0.39, 0.29) is 11.5 Å². The van der Waals surface area contributed by atoms with Gasteiger partial charge in [-0.3, -0.25) is 4.79 Å². The Labute approximate surface area is 93.5 Å². The van der Waals surface area contributed by atoms with Crippen LogP contribution >= 0.6 is 0 Å². The molecule has 0 bridgehead atoms. The summed E-state index contributed by atoms with van der Waals surface area (Å²) in [6.07, 6.45) is 1.36. The summed E-state index contributed by atoms with van der Waals surface area (Å²) in [7, 11) is 0. The van der Waals surface area contributed by atoms with Gasteiger partial charge in [0.2, 0.25) is 5.91 Å². The van der Waals surface area contributed by atoms with Crippen molar-refractivity contribution in [1.29, 1.82) is 0 Å². The van der Waals surface area contributed by atoms with Crippen LogP contribution in [0.4, 0.5) is 5.69 Å². The topological polar surface area (TPSA) is 60.4 Å². The first-order valence-corrected chi connectivity index (χ1v) is 5.22. The summed E-state index contributed by atoms with van der Waals surface area (Å²) in [6.45, 7) is 2.52. The molecule has 0 spiro atoms. The predicted molar refractivity (Wildman–Crippen MR) is 57.1 cm³/mol. The number of carboxylic acids is 1. The van der Waals surface area contributed by atoms with Gasteiger partial charge >= 0.3 is 0 Å². The first kappa shape index (κ1) is 10.7. The molecule has 0 aliphatic carbocycles. The van der Waals surface area contributed by atoms with Crippen LogP contribution in [-0.4, -0.2) is 18.4 Å². The Kier molecular flexibility index (Phi) is 2.64. The van der Waals surface area contributed by atoms with Crippen LogP contribution in [0.5, 0.6) is 0 Å². The quantitative estimate of drug-likeness (QED) is 0.725. The Bertz CT molecular complexity index is 454. The number of carbonyl (C=O) groups excluding carboxylic acids is 2. The summed E-state index contributed by atoms with van der Waals surface area (Å²) in [5.74, 6) is -1.16. The molecule has 0 radical (unpaired) electrons. The highest BCUT2D eigenvalue weighted by molar-refractivity contribution is 5.97. The standard InChI is InChI=1S/C12H13NO3/c1-8-4-5-9(12(15)16)7-10(8)13-6-2-3-11(13)14/h4-5,7H,2-3,6H2,1H3,(H,15,16)/p-1. The molecule has 84 valence electrons. The molecule has 1 aromatic carbocycles. The number of hydrogen-bond acceptors (Lipinski definition) is 3. The summed E-state index contributed by atoms with van der Waals surface area (Å²) >= 11 is 0. The Morgan fingerprint density at radius 3 is 2.75 bits per heavy atom. The lowest BCUT2D eigenvalue weighted by atomic mass is 10.1. The number of rotatable bonds is 2. The molecule has 4 heteroatoms. The van der Waals surface area contributed by atoms with Crippen LogP contribution in [0.15, 0.2) is 18.2 Å². The summed E-state index contributed by atoms with van der Waals surface area (Å²) in [4.78, 5) is 24.0. The van der Waals surface area contributed by atoms with Gasteiger partial charge in [-0.1, -0.05) is 12.1 Å². The van der Waals surface area contributed by atoms with Gasteiger partial charge in [-0.05, 0) is 30.5 Å². The molecular weight excluding hydrogens is 206 g/mol. The minimum atomic E-state index is -1.21. The van der Waals surface area contributed by atoms with Crippen molar-refractivity contribution >= 4 is 17.6 Å². The minimum absolute atomic E-state index is 0.0543. The van der Waals surface area contributed by atoms with Crippen LogP contribution in [0.1, 0.15) is 28.8 Å². The molecule has 16 heavy (non-hydrogen) atoms. The molecule has 1 aliphatic heterocycles. The minimum Gasteiger partial charge on any atom is -0.545 e. The lowest BCUT2D eigenvalue weighted by Crippen LogP contribution is -2.26. The average Bonchev–Trinajstić information content (AvgIpc) is 2.65. The molecule has 1 heterocycles. The second-order valence-electron chi connectivity index (χ2n) is 3.94. The van der Waals surface area contributed by atoms with E-state index >= 15 is 0 Å². The highest BCUT2D eigenvalue weighted by Gasteiger charge is 2.23. The zero-order chi connectivity index (χ0) is 11.7. The maximum Gasteiger partial charge on any atom is 0.227 e. The third-order valence-corrected chi connectivity index (χ3v) is 2.81. The Morgan fingerprint density at radius 1 is 1.44 bits per heavy atom. The molecule has 0 aromatic heterocycles. The van der Waals surface area contributed by atoms with Crippen molar-refractivity contribution in [2.24, 2.45) is 0 Å². The van der Waals surface area contributed by atoms with E-state index in [0.717, 1.165) is 12.0 Å². The van der Waals surface area contributed by atoms with Crippen molar-refractivity contribution in [1.82, 2.24) is 0 Å². The third kappa shape index (κ3) is 1.78. The van der Waals surface area contributed by atoms with E-state index in [4.69, 9.17) is 0 Å². The number of carboxylic acid groups (broad SMARTS) is 1. The monoisotopic (exact) mass is 218 g/mol. The van der Waals surface area contributed by atoms with Crippen molar-refractivity contribution in [3.63, 3.8) is 0 Å². The highest BCUT2D eigenvalue weighted by Crippen LogP contribution is 2.26. The number of carbonyl (C=O) groups is 2. The second kappa shape index (κ2) is 3.96. The molecule has 1 saturated heterocycles. The van der Waals surface area contributed by atoms with Crippen molar-refractivity contribution in [2.75, 3.05) is 11.4 Å². The van der Waals surface area contributed by atoms with Crippen LogP contribution in [0.2, 0.25) is 0 Å². The fraction of sp³-hybridized carbons (Fsp3) is 0.333. The molecule has 0 N–H and O–H groups in total. The third-order valence-electron chi connectivity index (χ3n) is 2.81. The van der Waals surface area contributed by atoms with Crippen LogP contribution in [0.3, 0.4) is 0 Å². The molecule has 2 rings (SSSR count). The van der Waals surface area contributed by atoms with Gasteiger partial charge in [0.1, 0.15) is 0 Å². The number of amides is 1. The van der Waals surface area contributed by atoms with Gasteiger partial charge in [0.05, 0.1) is 5.97 Å². The lowest BCUT2D eigenvalue weighted by Gasteiger charge is -2.19. The van der Waals surface area contributed by atoms with Gasteiger partial charge < -0.3 is 14.8 Å². The van der Waals surface area contributed by atoms with Crippen molar-refractivity contribution in [3.05, 3.63) is 29.3 Å². The number of hydrogen-bond donors (Lipinski definition) is 0. The largest absolute Gasteiger partial charge is 0.545 e. The van der Waals surface area contributed by atoms with E-state index in [1.54, 1.807) is 11.0 Å². The van der Waals surface area contributed by atoms with Gasteiger partial charge in [-0.2, -0.15) is 0 Å². The Morgan fingerprint density at radius 2 is 2.19 bits per heavy atom. The Hall–Kier alpha value is -1.84. The Balaban J connectivity index is 2.42. The second-order valence-corrected chi connectivity index (χ2v) is 3.94. The number of anilines is 1. The molecule has 0 atom stereocenters. The van der Waals surface area contributed by atoms with Gasteiger partial charge in [0.25, 0.3) is 0 Å². The number of nitrogens with zero attached hydrogens (tertiary/aromatic N) is 1. The first-order chi connectivity index (χ1) is 7.59. The smallest absolute Gasteiger partial charge is 0.227 e. The molecule has 1 fully saturated rings. The maximum absolute atomic E-state index is 11.6. The van der Waals surface area contributed by atoms with Gasteiger partial charge in [-0.15, -0.1) is 0 Å². The summed E-state index contributed by atoms with van der Waals surface area (Å²) in [5, 5.41) is 10.7. The molecular formula is C12H12NO3-. The first-order valence-electron chi connectivity index (χ1n) is 5.22. The molecule has 1 aromatic rings. The van der Waals surface area contributed by atoms with Crippen LogP contribution in [-0.2, 0) is 4.79 Å². The number of aromatic carboxylic acids is 1. The number of benzene rings is 1. The van der Waals surface area contributed by atoms with Crippen molar-refractivity contribution in [2.45, 2.75) is 19.8 Å². The predicted octanol–water partition coefficient (Wildman–Crippen LogP) is 0.485. The molecule has 0 saturated carbocycles. The molecule has 1 aliphatic rings. The van der Waals surface area contributed by atoms with Crippen LogP contribution in [0, 0.1) is 6.92 Å². The summed E-state index contributed by atoms with van der Waals surface area (Å²) < 4.78 is 0. The van der Waals surface area contributed by atoms with Gasteiger partial charge in [0, 0.05) is 18.7 Å². The van der Waals surface area contributed by atoms with E-state index < -0.39 is 5.97 Å². The normalized spacial score (nSPS) is 15.6. The molecule has 1 amide bonds. The van der Waals surface area contributed by atoms with E-state index in [9.17, 15) is 14.7 Å². The van der Waals surface area contributed by atoms with Crippen molar-refractivity contribution < 1.29 is 14.7 Å². The average molecular weight is 218 g/mol. The van der Waals surface area contributed by atoms with Crippen LogP contribution in [0.25, 0.3) is 0 Å². The van der Waals surface area contributed by atoms with Gasteiger partial charge in [0.15, 0.2) is 0 Å². The van der Waals surface area contributed by atoms with E-state index in [1.807, 2.05) is 6.92 Å². The fourth-order valence-electron chi connectivity index (χ4n) is 1.93. The van der Waals surface area contributed by atoms with E-state index in [2.05, 4.69) is 0 Å². The van der Waals surface area contributed by atoms with Gasteiger partial charge in [-0.25, -0.2) is 0 Å². The molecule has 4 nitrogen and oxygen atoms in total. The summed E-state index contributed by atoms with van der Waals surface area (Å²) in [6, 6.07) is 4.70. The SMILES string of the molecule is Cc1ccc(C(=O)[O-])cc1N1CCCC1=O. The number of aryl methyl sites for hydroxylation is 1. The fourth-order valence-corrected chi connectivity index (χ4v) is 1.93. The lowest BCUT2D eigenvalue weighted by molar-refractivity contribution is -0.255.